The molecule has 10 nitrogen and oxygen atoms in total. The van der Waals surface area contributed by atoms with Crippen molar-refractivity contribution in [3.63, 3.8) is 0 Å². The maximum absolute atomic E-state index is 12.1. The highest BCUT2D eigenvalue weighted by molar-refractivity contribution is 7.92. The normalized spacial score (nSPS) is 11.0. The molecule has 0 aliphatic rings. The van der Waals surface area contributed by atoms with E-state index in [2.05, 4.69) is 4.98 Å². The molecule has 0 saturated heterocycles. The Morgan fingerprint density at radius 1 is 1.19 bits per heavy atom. The number of para-hydroxylation sites is 1. The number of rotatable bonds is 4. The minimum Gasteiger partial charge on any atom is -0.312 e. The predicted octanol–water partition coefficient (Wildman–Crippen LogP) is -0.228. The summed E-state index contributed by atoms with van der Waals surface area (Å²) in [5.74, 6) is 0. The molecular weight excluding hydrogens is 304 g/mol. The first-order valence-corrected chi connectivity index (χ1v) is 6.88. The van der Waals surface area contributed by atoms with Gasteiger partial charge in [-0.15, -0.1) is 0 Å². The number of benzene rings is 1. The molecule has 1 heterocycles. The fourth-order valence-electron chi connectivity index (χ4n) is 1.52. The molecule has 21 heavy (non-hydrogen) atoms. The molecule has 0 amide bonds. The Hall–Kier alpha value is -2.95. The lowest BCUT2D eigenvalue weighted by Crippen LogP contribution is -2.26. The highest BCUT2D eigenvalue weighted by atomic mass is 32.2. The average molecular weight is 312 g/mol. The smallest absolute Gasteiger partial charge is 0.312 e. The fraction of sp³-hybridized carbons (Fsp3) is 0. The highest BCUT2D eigenvalue weighted by Crippen LogP contribution is 2.24. The van der Waals surface area contributed by atoms with Gasteiger partial charge < -0.3 is 4.98 Å². The molecule has 2 rings (SSSR count). The summed E-state index contributed by atoms with van der Waals surface area (Å²) >= 11 is 0. The van der Waals surface area contributed by atoms with Crippen molar-refractivity contribution >= 4 is 21.4 Å². The molecule has 1 aromatic heterocycles. The Morgan fingerprint density at radius 3 is 2.48 bits per heavy atom. The monoisotopic (exact) mass is 312 g/mol. The standard InChI is InChI=1S/C10H8N4O6S/c15-9-6(5-11-10(16)12-9)13-21(19,20)8-4-2-1-3-7(8)14(17)18/h1-5,13H,(H2,11,12,15,16). The van der Waals surface area contributed by atoms with Crippen LogP contribution in [0.5, 0.6) is 0 Å². The van der Waals surface area contributed by atoms with Gasteiger partial charge in [0.25, 0.3) is 21.3 Å². The SMILES string of the molecule is O=c1[nH]cc(NS(=O)(=O)c2ccccc2[N+](=O)[O-])c(=O)[nH]1. The second kappa shape index (κ2) is 5.20. The van der Waals surface area contributed by atoms with Crippen molar-refractivity contribution in [1.82, 2.24) is 9.97 Å². The van der Waals surface area contributed by atoms with Crippen LogP contribution in [0.25, 0.3) is 0 Å². The van der Waals surface area contributed by atoms with Crippen molar-refractivity contribution in [1.29, 1.82) is 0 Å². The van der Waals surface area contributed by atoms with E-state index >= 15 is 0 Å². The first-order chi connectivity index (χ1) is 9.81. The molecular formula is C10H8N4O6S. The summed E-state index contributed by atoms with van der Waals surface area (Å²) in [5.41, 5.74) is -2.88. The van der Waals surface area contributed by atoms with E-state index in [1.54, 1.807) is 0 Å². The van der Waals surface area contributed by atoms with Crippen molar-refractivity contribution < 1.29 is 13.3 Å². The summed E-state index contributed by atoms with van der Waals surface area (Å²) in [6.45, 7) is 0. The quantitative estimate of drug-likeness (QED) is 0.523. The number of nitrogens with one attached hydrogen (secondary N) is 3. The zero-order valence-corrected chi connectivity index (χ0v) is 11.0. The molecule has 0 saturated carbocycles. The van der Waals surface area contributed by atoms with Gasteiger partial charge >= 0.3 is 5.69 Å². The fourth-order valence-corrected chi connectivity index (χ4v) is 2.75. The summed E-state index contributed by atoms with van der Waals surface area (Å²) in [5, 5.41) is 10.8. The Morgan fingerprint density at radius 2 is 1.86 bits per heavy atom. The van der Waals surface area contributed by atoms with Crippen LogP contribution in [-0.4, -0.2) is 23.3 Å². The Bertz CT molecular complexity index is 913. The highest BCUT2D eigenvalue weighted by Gasteiger charge is 2.25. The lowest BCUT2D eigenvalue weighted by Gasteiger charge is -2.07. The molecule has 3 N–H and O–H groups in total. The van der Waals surface area contributed by atoms with Gasteiger partial charge in [0.1, 0.15) is 5.69 Å². The number of nitrogens with zero attached hydrogens (tertiary/aromatic N) is 1. The van der Waals surface area contributed by atoms with Gasteiger partial charge in [0.05, 0.1) is 4.92 Å². The van der Waals surface area contributed by atoms with E-state index in [9.17, 15) is 28.1 Å². The van der Waals surface area contributed by atoms with Crippen LogP contribution in [0.15, 0.2) is 44.9 Å². The van der Waals surface area contributed by atoms with Gasteiger partial charge in [-0.2, -0.15) is 0 Å². The molecule has 0 spiro atoms. The predicted molar refractivity (Wildman–Crippen MR) is 71.6 cm³/mol. The topological polar surface area (TPSA) is 155 Å². The molecule has 0 aliphatic heterocycles. The van der Waals surface area contributed by atoms with Gasteiger partial charge in [-0.05, 0) is 6.07 Å². The molecule has 0 aliphatic carbocycles. The van der Waals surface area contributed by atoms with Crippen molar-refractivity contribution in [3.05, 3.63) is 61.4 Å². The van der Waals surface area contributed by atoms with Crippen LogP contribution in [0.1, 0.15) is 0 Å². The van der Waals surface area contributed by atoms with Crippen LogP contribution in [0.2, 0.25) is 0 Å². The number of hydrogen-bond acceptors (Lipinski definition) is 6. The lowest BCUT2D eigenvalue weighted by molar-refractivity contribution is -0.387. The third kappa shape index (κ3) is 2.97. The van der Waals surface area contributed by atoms with Crippen LogP contribution in [0, 0.1) is 10.1 Å². The van der Waals surface area contributed by atoms with Crippen molar-refractivity contribution in [2.75, 3.05) is 4.72 Å². The molecule has 0 radical (unpaired) electrons. The molecule has 0 fully saturated rings. The van der Waals surface area contributed by atoms with Gasteiger partial charge in [0, 0.05) is 12.3 Å². The number of aromatic nitrogens is 2. The van der Waals surface area contributed by atoms with Crippen LogP contribution in [0.3, 0.4) is 0 Å². The zero-order chi connectivity index (χ0) is 15.6. The van der Waals surface area contributed by atoms with Crippen LogP contribution in [-0.2, 0) is 10.0 Å². The van der Waals surface area contributed by atoms with Crippen LogP contribution in [0.4, 0.5) is 11.4 Å². The zero-order valence-electron chi connectivity index (χ0n) is 10.2. The number of nitro benzene ring substituents is 1. The van der Waals surface area contributed by atoms with Crippen molar-refractivity contribution in [2.24, 2.45) is 0 Å². The second-order valence-electron chi connectivity index (χ2n) is 3.82. The third-order valence-electron chi connectivity index (χ3n) is 2.42. The Balaban J connectivity index is 2.51. The van der Waals surface area contributed by atoms with Gasteiger partial charge in [0.2, 0.25) is 0 Å². The molecule has 0 unspecified atom stereocenters. The van der Waals surface area contributed by atoms with E-state index in [4.69, 9.17) is 0 Å². The summed E-state index contributed by atoms with van der Waals surface area (Å²) in [6.07, 6.45) is 0.855. The summed E-state index contributed by atoms with van der Waals surface area (Å²) in [4.78, 5) is 35.6. The third-order valence-corrected chi connectivity index (χ3v) is 3.83. The number of hydrogen-bond donors (Lipinski definition) is 3. The average Bonchev–Trinajstić information content (AvgIpc) is 2.42. The molecule has 110 valence electrons. The second-order valence-corrected chi connectivity index (χ2v) is 5.47. The first kappa shape index (κ1) is 14.5. The molecule has 0 atom stereocenters. The van der Waals surface area contributed by atoms with Gasteiger partial charge in [-0.3, -0.25) is 24.6 Å². The number of anilines is 1. The van der Waals surface area contributed by atoms with Crippen LogP contribution >= 0.6 is 0 Å². The van der Waals surface area contributed by atoms with Crippen molar-refractivity contribution in [3.8, 4) is 0 Å². The van der Waals surface area contributed by atoms with E-state index in [1.807, 2.05) is 9.71 Å². The number of H-pyrrole nitrogens is 2. The summed E-state index contributed by atoms with van der Waals surface area (Å²) in [6, 6.07) is 4.66. The largest absolute Gasteiger partial charge is 0.325 e. The minimum absolute atomic E-state index is 0.465. The first-order valence-electron chi connectivity index (χ1n) is 5.39. The minimum atomic E-state index is -4.36. The maximum atomic E-state index is 12.1. The van der Waals surface area contributed by atoms with E-state index in [0.29, 0.717) is 0 Å². The van der Waals surface area contributed by atoms with Crippen LogP contribution < -0.4 is 16.0 Å². The lowest BCUT2D eigenvalue weighted by atomic mass is 10.3. The number of aromatic amines is 2. The number of sulfonamides is 1. The van der Waals surface area contributed by atoms with E-state index in [-0.39, 0.29) is 0 Å². The van der Waals surface area contributed by atoms with Gasteiger partial charge in [0.15, 0.2) is 4.90 Å². The van der Waals surface area contributed by atoms with E-state index in [0.717, 1.165) is 18.3 Å². The Labute approximate surface area is 116 Å². The van der Waals surface area contributed by atoms with Crippen molar-refractivity contribution in [2.45, 2.75) is 4.90 Å². The van der Waals surface area contributed by atoms with Gasteiger partial charge in [-0.25, -0.2) is 13.2 Å². The molecule has 2 aromatic rings. The summed E-state index contributed by atoms with van der Waals surface area (Å²) in [7, 11) is -4.36. The van der Waals surface area contributed by atoms with Gasteiger partial charge in [-0.1, -0.05) is 12.1 Å². The summed E-state index contributed by atoms with van der Waals surface area (Å²) < 4.78 is 26.1. The molecule has 1 aromatic carbocycles. The number of nitro groups is 1. The molecule has 0 bridgehead atoms. The molecule has 11 heteroatoms. The van der Waals surface area contributed by atoms with E-state index in [1.165, 1.54) is 12.1 Å². The van der Waals surface area contributed by atoms with E-state index < -0.39 is 42.5 Å². The Kier molecular flexibility index (Phi) is 3.58. The maximum Gasteiger partial charge on any atom is 0.325 e.